The molecule has 1 aliphatic heterocycles. The Balaban J connectivity index is 1.78. The monoisotopic (exact) mass is 418 g/mol. The number of hydrogen-bond donors (Lipinski definition) is 1. The summed E-state index contributed by atoms with van der Waals surface area (Å²) in [6.07, 6.45) is 5.58. The van der Waals surface area contributed by atoms with Crippen LogP contribution in [-0.4, -0.2) is 33.3 Å². The van der Waals surface area contributed by atoms with Crippen LogP contribution in [0.4, 0.5) is 0 Å². The smallest absolute Gasteiger partial charge is 0.296 e. The highest BCUT2D eigenvalue weighted by atomic mass is 16.5. The number of aliphatic hydroxyl groups is 1. The fourth-order valence-electron chi connectivity index (χ4n) is 3.58. The number of Topliss-reactive ketones (excluding diaryl/α,β-unsaturated/α-hetero) is 1. The van der Waals surface area contributed by atoms with E-state index in [0.29, 0.717) is 23.7 Å². The van der Waals surface area contributed by atoms with Gasteiger partial charge in [-0.25, -0.2) is 0 Å². The number of pyridine rings is 1. The van der Waals surface area contributed by atoms with E-state index in [2.05, 4.69) is 4.98 Å². The lowest BCUT2D eigenvalue weighted by Gasteiger charge is -2.23. The molecule has 1 N–H and O–H groups in total. The van der Waals surface area contributed by atoms with E-state index < -0.39 is 17.7 Å². The molecule has 0 radical (unpaired) electrons. The molecule has 4 rings (SSSR count). The molecule has 7 heteroatoms. The van der Waals surface area contributed by atoms with Crippen LogP contribution in [0.25, 0.3) is 5.76 Å². The lowest BCUT2D eigenvalue weighted by Crippen LogP contribution is -2.29. The lowest BCUT2D eigenvalue weighted by molar-refractivity contribution is -0.140. The standard InChI is InChI=1S/C24H22N2O5/c1-2-11-30-18-8-3-7-17(13-18)22(27)20-21(19-9-5-12-31-19)26(24(29)23(20)28)15-16-6-4-10-25-14-16/h3-10,12-14,21,27H,2,11,15H2,1H3/b22-20+. The van der Waals surface area contributed by atoms with Crippen molar-refractivity contribution in [1.82, 2.24) is 9.88 Å². The van der Waals surface area contributed by atoms with Crippen LogP contribution < -0.4 is 4.74 Å². The fraction of sp³-hybridized carbons (Fsp3) is 0.208. The van der Waals surface area contributed by atoms with Gasteiger partial charge in [-0.05, 0) is 42.3 Å². The zero-order valence-electron chi connectivity index (χ0n) is 17.0. The average molecular weight is 418 g/mol. The minimum absolute atomic E-state index is 0.0171. The Kier molecular flexibility index (Phi) is 5.84. The maximum Gasteiger partial charge on any atom is 0.296 e. The summed E-state index contributed by atoms with van der Waals surface area (Å²) in [7, 11) is 0. The highest BCUT2D eigenvalue weighted by molar-refractivity contribution is 6.46. The third-order valence-electron chi connectivity index (χ3n) is 5.01. The predicted molar refractivity (Wildman–Crippen MR) is 113 cm³/mol. The molecule has 1 aromatic carbocycles. The second-order valence-electron chi connectivity index (χ2n) is 7.18. The zero-order valence-corrected chi connectivity index (χ0v) is 17.0. The van der Waals surface area contributed by atoms with Crippen LogP contribution in [0, 0.1) is 0 Å². The van der Waals surface area contributed by atoms with Gasteiger partial charge in [-0.15, -0.1) is 0 Å². The maximum atomic E-state index is 13.0. The van der Waals surface area contributed by atoms with Gasteiger partial charge in [0.1, 0.15) is 23.3 Å². The number of hydrogen-bond acceptors (Lipinski definition) is 6. The summed E-state index contributed by atoms with van der Waals surface area (Å²) in [4.78, 5) is 31.4. The molecule has 0 bridgehead atoms. The minimum atomic E-state index is -0.851. The number of ether oxygens (including phenoxy) is 1. The van der Waals surface area contributed by atoms with Crippen LogP contribution >= 0.6 is 0 Å². The summed E-state index contributed by atoms with van der Waals surface area (Å²) in [5, 5.41) is 11.1. The van der Waals surface area contributed by atoms with E-state index in [-0.39, 0.29) is 17.9 Å². The Bertz CT molecular complexity index is 1110. The second kappa shape index (κ2) is 8.87. The van der Waals surface area contributed by atoms with Crippen LogP contribution in [0.3, 0.4) is 0 Å². The molecule has 0 aliphatic carbocycles. The van der Waals surface area contributed by atoms with Crippen molar-refractivity contribution in [1.29, 1.82) is 0 Å². The number of aliphatic hydroxyl groups excluding tert-OH is 1. The quantitative estimate of drug-likeness (QED) is 0.353. The number of rotatable bonds is 7. The van der Waals surface area contributed by atoms with Crippen molar-refractivity contribution in [2.24, 2.45) is 0 Å². The van der Waals surface area contributed by atoms with E-state index >= 15 is 0 Å². The van der Waals surface area contributed by atoms with Crippen molar-refractivity contribution in [2.45, 2.75) is 25.9 Å². The van der Waals surface area contributed by atoms with Crippen molar-refractivity contribution in [3.05, 3.63) is 89.6 Å². The van der Waals surface area contributed by atoms with Gasteiger partial charge in [-0.3, -0.25) is 14.6 Å². The number of amides is 1. The molecule has 1 saturated heterocycles. The molecule has 2 aromatic heterocycles. The number of aromatic nitrogens is 1. The molecule has 0 spiro atoms. The van der Waals surface area contributed by atoms with Crippen LogP contribution in [-0.2, 0) is 16.1 Å². The molecule has 3 aromatic rings. The van der Waals surface area contributed by atoms with E-state index in [4.69, 9.17) is 9.15 Å². The summed E-state index contributed by atoms with van der Waals surface area (Å²) in [6.45, 7) is 2.68. The number of nitrogens with zero attached hydrogens (tertiary/aromatic N) is 2. The molecule has 1 atom stereocenters. The third-order valence-corrected chi connectivity index (χ3v) is 5.01. The molecule has 1 amide bonds. The Hall–Kier alpha value is -3.87. The number of carbonyl (C=O) groups excluding carboxylic acids is 2. The molecular formula is C24H22N2O5. The first-order valence-electron chi connectivity index (χ1n) is 10.0. The Morgan fingerprint density at radius 1 is 1.19 bits per heavy atom. The SMILES string of the molecule is CCCOc1cccc(/C(O)=C2\C(=O)C(=O)N(Cc3cccnc3)C2c2ccco2)c1. The van der Waals surface area contributed by atoms with Gasteiger partial charge < -0.3 is 19.2 Å². The number of likely N-dealkylation sites (tertiary alicyclic amines) is 1. The molecule has 31 heavy (non-hydrogen) atoms. The largest absolute Gasteiger partial charge is 0.507 e. The number of benzene rings is 1. The van der Waals surface area contributed by atoms with E-state index in [0.717, 1.165) is 12.0 Å². The van der Waals surface area contributed by atoms with Gasteiger partial charge in [0, 0.05) is 24.5 Å². The van der Waals surface area contributed by atoms with Crippen LogP contribution in [0.2, 0.25) is 0 Å². The first-order chi connectivity index (χ1) is 15.1. The Morgan fingerprint density at radius 2 is 2.06 bits per heavy atom. The van der Waals surface area contributed by atoms with E-state index in [1.807, 2.05) is 13.0 Å². The van der Waals surface area contributed by atoms with E-state index in [9.17, 15) is 14.7 Å². The van der Waals surface area contributed by atoms with Gasteiger partial charge in [-0.1, -0.05) is 25.1 Å². The number of ketones is 1. The molecule has 1 fully saturated rings. The third kappa shape index (κ3) is 4.07. The van der Waals surface area contributed by atoms with Crippen molar-refractivity contribution in [2.75, 3.05) is 6.61 Å². The fourth-order valence-corrected chi connectivity index (χ4v) is 3.58. The molecule has 1 unspecified atom stereocenters. The first-order valence-corrected chi connectivity index (χ1v) is 10.0. The zero-order chi connectivity index (χ0) is 21.8. The van der Waals surface area contributed by atoms with Gasteiger partial charge >= 0.3 is 0 Å². The van der Waals surface area contributed by atoms with Gasteiger partial charge in [0.15, 0.2) is 0 Å². The van der Waals surface area contributed by atoms with Crippen LogP contribution in [0.5, 0.6) is 5.75 Å². The summed E-state index contributed by atoms with van der Waals surface area (Å²) < 4.78 is 11.2. The van der Waals surface area contributed by atoms with Crippen molar-refractivity contribution in [3.8, 4) is 5.75 Å². The van der Waals surface area contributed by atoms with E-state index in [1.54, 1.807) is 54.9 Å². The number of furan rings is 1. The van der Waals surface area contributed by atoms with Crippen molar-refractivity contribution >= 4 is 17.4 Å². The van der Waals surface area contributed by atoms with Crippen LogP contribution in [0.15, 0.2) is 77.2 Å². The molecule has 1 aliphatic rings. The number of carbonyl (C=O) groups is 2. The van der Waals surface area contributed by atoms with Gasteiger partial charge in [0.2, 0.25) is 0 Å². The Morgan fingerprint density at radius 3 is 2.77 bits per heavy atom. The summed E-state index contributed by atoms with van der Waals surface area (Å²) in [5.41, 5.74) is 1.14. The topological polar surface area (TPSA) is 92.9 Å². The first kappa shape index (κ1) is 20.4. The van der Waals surface area contributed by atoms with Gasteiger partial charge in [0.05, 0.1) is 18.4 Å². The van der Waals surface area contributed by atoms with Crippen molar-refractivity contribution in [3.63, 3.8) is 0 Å². The summed E-state index contributed by atoms with van der Waals surface area (Å²) in [5.74, 6) is -0.767. The van der Waals surface area contributed by atoms with Gasteiger partial charge in [-0.2, -0.15) is 0 Å². The Labute approximate surface area is 179 Å². The molecule has 7 nitrogen and oxygen atoms in total. The van der Waals surface area contributed by atoms with Crippen LogP contribution in [0.1, 0.15) is 36.3 Å². The van der Waals surface area contributed by atoms with E-state index in [1.165, 1.54) is 11.2 Å². The molecule has 158 valence electrons. The summed E-state index contributed by atoms with van der Waals surface area (Å²) >= 11 is 0. The predicted octanol–water partition coefficient (Wildman–Crippen LogP) is 4.09. The molecule has 0 saturated carbocycles. The molecule has 3 heterocycles. The molecular weight excluding hydrogens is 396 g/mol. The average Bonchev–Trinajstić information content (AvgIpc) is 3.41. The highest BCUT2D eigenvalue weighted by Crippen LogP contribution is 2.40. The summed E-state index contributed by atoms with van der Waals surface area (Å²) in [6, 6.07) is 12.9. The minimum Gasteiger partial charge on any atom is -0.507 e. The highest BCUT2D eigenvalue weighted by Gasteiger charge is 2.47. The van der Waals surface area contributed by atoms with Crippen molar-refractivity contribution < 1.29 is 23.8 Å². The maximum absolute atomic E-state index is 13.0. The lowest BCUT2D eigenvalue weighted by atomic mass is 9.99. The normalized spacial score (nSPS) is 17.8. The second-order valence-corrected chi connectivity index (χ2v) is 7.18. The van der Waals surface area contributed by atoms with Gasteiger partial charge in [0.25, 0.3) is 11.7 Å².